The molecule has 0 aliphatic heterocycles. The van der Waals surface area contributed by atoms with Crippen molar-refractivity contribution < 1.29 is 0 Å². The summed E-state index contributed by atoms with van der Waals surface area (Å²) in [6.07, 6.45) is 40.4. The Morgan fingerprint density at radius 2 is 0.670 bits per heavy atom. The van der Waals surface area contributed by atoms with E-state index in [1.807, 2.05) is 110 Å². The fourth-order valence-corrected chi connectivity index (χ4v) is 7.26. The van der Waals surface area contributed by atoms with Crippen LogP contribution in [-0.4, -0.2) is 95.4 Å². The normalized spacial score (nSPS) is 10.2. The molecule has 0 saturated carbocycles. The molecule has 11 rings (SSSR count). The van der Waals surface area contributed by atoms with Crippen molar-refractivity contribution in [2.75, 3.05) is 0 Å². The molecule has 0 bridgehead atoms. The first-order chi connectivity index (χ1) is 47.7. The average Bonchev–Trinajstić information content (AvgIpc) is 0.908. The number of hydrogen-bond donors (Lipinski definition) is 0. The van der Waals surface area contributed by atoms with E-state index >= 15 is 0 Å². The van der Waals surface area contributed by atoms with Crippen LogP contribution in [0.3, 0.4) is 0 Å². The molecule has 0 radical (unpaired) electrons. The van der Waals surface area contributed by atoms with Crippen LogP contribution in [0.5, 0.6) is 0 Å². The fourth-order valence-electron chi connectivity index (χ4n) is 7.26. The summed E-state index contributed by atoms with van der Waals surface area (Å²) in [4.78, 5) is 52.1. The third kappa shape index (κ3) is 43.4. The molecule has 0 spiro atoms. The van der Waals surface area contributed by atoms with Crippen molar-refractivity contribution in [3.8, 4) is 0 Å². The minimum Gasteiger partial charge on any atom is -0.265 e. The van der Waals surface area contributed by atoms with Crippen LogP contribution in [0.15, 0.2) is 222 Å². The maximum Gasteiger partial charge on any atom is 0.130 e. The summed E-state index contributed by atoms with van der Waals surface area (Å²) in [5, 5.41) is 22.6. The van der Waals surface area contributed by atoms with E-state index in [2.05, 4.69) is 261 Å². The van der Waals surface area contributed by atoms with Gasteiger partial charge in [0.25, 0.3) is 0 Å². The molecule has 100 heavy (non-hydrogen) atoms. The first-order valence-electron chi connectivity index (χ1n) is 34.5. The van der Waals surface area contributed by atoms with E-state index in [-0.39, 0.29) is 5.41 Å². The highest BCUT2D eigenvalue weighted by Gasteiger charge is 2.12. The topological polar surface area (TPSA) is 245 Å². The van der Waals surface area contributed by atoms with Crippen molar-refractivity contribution in [2.24, 2.45) is 0 Å². The fraction of sp³-hybridized carbons (Fsp3) is 0.420. The zero-order valence-electron chi connectivity index (χ0n) is 64.1. The Labute approximate surface area is 600 Å². The molecule has 0 aromatic carbocycles. The van der Waals surface area contributed by atoms with Gasteiger partial charge in [-0.05, 0) is 153 Å². The molecule has 0 N–H and O–H groups in total. The van der Waals surface area contributed by atoms with Gasteiger partial charge in [0, 0.05) is 135 Å². The first-order valence-corrected chi connectivity index (χ1v) is 34.5. The van der Waals surface area contributed by atoms with Crippen LogP contribution in [0, 0.1) is 0 Å². The molecule has 0 aliphatic carbocycles. The molecule has 0 unspecified atom stereocenters. The molecular weight excluding hydrogens is 1240 g/mol. The second-order valence-electron chi connectivity index (χ2n) is 26.7. The number of rotatable bonds is 10. The molecule has 11 heterocycles. The van der Waals surface area contributed by atoms with Crippen molar-refractivity contribution in [2.45, 2.75) is 224 Å². The average molecular weight is 1350 g/mol. The zero-order chi connectivity index (χ0) is 74.5. The van der Waals surface area contributed by atoms with E-state index < -0.39 is 0 Å². The maximum absolute atomic E-state index is 4.18. The summed E-state index contributed by atoms with van der Waals surface area (Å²) in [6.45, 7) is 49.0. The van der Waals surface area contributed by atoms with Crippen LogP contribution in [0.25, 0.3) is 0 Å². The second-order valence-corrected chi connectivity index (χ2v) is 26.7. The predicted molar refractivity (Wildman–Crippen MR) is 409 cm³/mol. The molecule has 0 aliphatic rings. The summed E-state index contributed by atoms with van der Waals surface area (Å²) in [7, 11) is 0. The Kier molecular flexibility index (Phi) is 46.8. The summed E-state index contributed by atoms with van der Waals surface area (Å²) in [5.74, 6) is 6.12. The highest BCUT2D eigenvalue weighted by molar-refractivity contribution is 5.18. The van der Waals surface area contributed by atoms with Gasteiger partial charge in [-0.25, -0.2) is 29.9 Å². The SMILES string of the molecule is CC(C)(C)c1cccnc1.CC(C)c1ccccn1.CC(C)c1cccnn1.CC(C)c1ccncc1.CC(C)c1ccncn1.CC(C)c1ccnnc1.CC(C)c1ccnnc1.CC(C)c1cnccn1.CC(C)c1cnccn1.CC(C)c1cncnc1.CC(C)c1ncccn1. The van der Waals surface area contributed by atoms with E-state index in [0.717, 1.165) is 34.3 Å². The lowest BCUT2D eigenvalue weighted by Gasteiger charge is -2.17. The monoisotopic (exact) mass is 1350 g/mol. The van der Waals surface area contributed by atoms with E-state index in [0.29, 0.717) is 59.2 Å². The summed E-state index contributed by atoms with van der Waals surface area (Å²) < 4.78 is 0. The smallest absolute Gasteiger partial charge is 0.130 e. The van der Waals surface area contributed by atoms with E-state index in [1.54, 1.807) is 106 Å². The molecule has 0 atom stereocenters. The van der Waals surface area contributed by atoms with Gasteiger partial charge < -0.3 is 0 Å². The number of nitrogens with zero attached hydrogens (tertiary/aromatic N) is 19. The van der Waals surface area contributed by atoms with Gasteiger partial charge in [0.2, 0.25) is 0 Å². The van der Waals surface area contributed by atoms with Gasteiger partial charge in [-0.1, -0.05) is 171 Å². The van der Waals surface area contributed by atoms with Crippen LogP contribution >= 0.6 is 0 Å². The summed E-state index contributed by atoms with van der Waals surface area (Å²) >= 11 is 0. The lowest BCUT2D eigenvalue weighted by Crippen LogP contribution is -2.10. The van der Waals surface area contributed by atoms with Crippen LogP contribution in [0.4, 0.5) is 0 Å². The number of hydrogen-bond acceptors (Lipinski definition) is 19. The molecule has 19 heteroatoms. The summed E-state index contributed by atoms with van der Waals surface area (Å²) in [5.41, 5.74) is 12.0. The lowest BCUT2D eigenvalue weighted by molar-refractivity contribution is 0.587. The molecular formula is C81H115N19. The van der Waals surface area contributed by atoms with Crippen molar-refractivity contribution in [3.63, 3.8) is 0 Å². The highest BCUT2D eigenvalue weighted by atomic mass is 15.1. The Morgan fingerprint density at radius 1 is 0.230 bits per heavy atom. The van der Waals surface area contributed by atoms with Gasteiger partial charge in [0.15, 0.2) is 0 Å². The second kappa shape index (κ2) is 53.1. The maximum atomic E-state index is 4.18. The number of aromatic nitrogens is 19. The van der Waals surface area contributed by atoms with E-state index in [4.69, 9.17) is 0 Å². The zero-order valence-corrected chi connectivity index (χ0v) is 64.1. The minimum atomic E-state index is 0.230. The predicted octanol–water partition coefficient (Wildman–Crippen LogP) is 19.6. The van der Waals surface area contributed by atoms with Crippen LogP contribution < -0.4 is 0 Å². The van der Waals surface area contributed by atoms with Crippen LogP contribution in [0.1, 0.15) is 281 Å². The molecule has 0 fully saturated rings. The Bertz CT molecular complexity index is 2840. The van der Waals surface area contributed by atoms with Gasteiger partial charge >= 0.3 is 0 Å². The van der Waals surface area contributed by atoms with Crippen molar-refractivity contribution in [1.82, 2.24) is 95.4 Å². The van der Waals surface area contributed by atoms with Crippen molar-refractivity contribution in [3.05, 3.63) is 284 Å². The Morgan fingerprint density at radius 3 is 0.940 bits per heavy atom. The van der Waals surface area contributed by atoms with E-state index in [1.165, 1.54) is 27.8 Å². The number of pyridine rings is 3. The quantitative estimate of drug-likeness (QED) is 0.123. The molecule has 11 aromatic heterocycles. The molecule has 19 nitrogen and oxygen atoms in total. The third-order valence-corrected chi connectivity index (χ3v) is 13.8. The summed E-state index contributed by atoms with van der Waals surface area (Å²) in [6, 6.07) is 25.8. The standard InChI is InChI=1S/C9H13N.2C8H11N.8C7H10N2/c1-9(2,3)8-5-4-6-10-7-8;1-7(2)8-3-5-9-6-4-8;1-7(2)8-5-3-4-6-9-8;1-6(2)7-3-8-5-9-4-7;2*1-6(2)7-5-8-3-4-9-7;1-6(2)7-3-4-8-5-9-7;2*1-6(2)7-3-4-8-9-5-7;1-6(2)7-8-4-3-5-9-7;1-6(2)7-4-3-5-8-9-7/h4-7H,1-3H3;2*3-7H,1-2H3;8*3-6H,1-2H3. The molecule has 0 amide bonds. The Hall–Kier alpha value is -9.91. The van der Waals surface area contributed by atoms with Gasteiger partial charge in [-0.3, -0.25) is 34.9 Å². The molecule has 11 aromatic rings. The first kappa shape index (κ1) is 88.1. The van der Waals surface area contributed by atoms with Gasteiger partial charge in [-0.15, -0.1) is 0 Å². The van der Waals surface area contributed by atoms with Gasteiger partial charge in [-0.2, -0.15) is 30.6 Å². The third-order valence-electron chi connectivity index (χ3n) is 13.8. The molecule has 534 valence electrons. The van der Waals surface area contributed by atoms with E-state index in [9.17, 15) is 0 Å². The lowest BCUT2D eigenvalue weighted by atomic mass is 9.88. The van der Waals surface area contributed by atoms with Crippen molar-refractivity contribution >= 4 is 0 Å². The van der Waals surface area contributed by atoms with Gasteiger partial charge in [0.05, 0.1) is 29.5 Å². The molecule has 0 saturated heterocycles. The minimum absolute atomic E-state index is 0.230. The van der Waals surface area contributed by atoms with Gasteiger partial charge in [0.1, 0.15) is 18.5 Å². The van der Waals surface area contributed by atoms with Crippen molar-refractivity contribution in [1.29, 1.82) is 0 Å². The Balaban J connectivity index is 0.000000550. The highest BCUT2D eigenvalue weighted by Crippen LogP contribution is 2.20. The van der Waals surface area contributed by atoms with Crippen LogP contribution in [-0.2, 0) is 5.41 Å². The largest absolute Gasteiger partial charge is 0.265 e. The van der Waals surface area contributed by atoms with Crippen LogP contribution in [0.2, 0.25) is 0 Å².